The molecule has 1 fully saturated rings. The topological polar surface area (TPSA) is 97.9 Å². The molecule has 5 rings (SSSR count). The highest BCUT2D eigenvalue weighted by molar-refractivity contribution is 5.60. The molecule has 1 aromatic carbocycles. The maximum atomic E-state index is 9.88. The van der Waals surface area contributed by atoms with Gasteiger partial charge >= 0.3 is 5.88 Å². The Hall–Kier alpha value is -3.10. The van der Waals surface area contributed by atoms with Gasteiger partial charge in [0.15, 0.2) is 0 Å². The Labute approximate surface area is 168 Å². The molecule has 4 heterocycles. The number of hydrogen-bond donors (Lipinski definition) is 2. The molecule has 8 nitrogen and oxygen atoms in total. The van der Waals surface area contributed by atoms with Crippen molar-refractivity contribution in [1.82, 2.24) is 9.88 Å². The smallest absolute Gasteiger partial charge is 0.306 e. The molecule has 2 aromatic heterocycles. The van der Waals surface area contributed by atoms with Gasteiger partial charge < -0.3 is 24.7 Å². The van der Waals surface area contributed by atoms with Crippen molar-refractivity contribution in [2.75, 3.05) is 38.6 Å². The first-order valence-electron chi connectivity index (χ1n) is 9.73. The average molecular weight is 395 g/mol. The summed E-state index contributed by atoms with van der Waals surface area (Å²) < 4.78 is 19.1. The highest BCUT2D eigenvalue weighted by Crippen LogP contribution is 2.48. The summed E-state index contributed by atoms with van der Waals surface area (Å²) in [6.07, 6.45) is 3.35. The lowest BCUT2D eigenvalue weighted by Crippen LogP contribution is -2.46. The monoisotopic (exact) mass is 395 g/mol. The first-order chi connectivity index (χ1) is 14.2. The van der Waals surface area contributed by atoms with Crippen LogP contribution in [0.25, 0.3) is 0 Å². The van der Waals surface area contributed by atoms with Gasteiger partial charge in [-0.15, -0.1) is 0 Å². The number of aromatic hydroxyl groups is 1. The number of anilines is 1. The molecule has 0 aliphatic carbocycles. The van der Waals surface area contributed by atoms with E-state index in [0.717, 1.165) is 56.3 Å². The largest absolute Gasteiger partial charge is 0.508 e. The van der Waals surface area contributed by atoms with E-state index in [2.05, 4.69) is 9.88 Å². The number of furan rings is 1. The number of phenolic OH excluding ortho intramolecular Hbond substituents is 1. The van der Waals surface area contributed by atoms with Crippen LogP contribution in [0.1, 0.15) is 22.8 Å². The zero-order valence-electron chi connectivity index (χ0n) is 16.0. The fourth-order valence-electron chi connectivity index (χ4n) is 3.98. The Bertz CT molecular complexity index is 1020. The van der Waals surface area contributed by atoms with Crippen molar-refractivity contribution >= 4 is 5.82 Å². The van der Waals surface area contributed by atoms with Gasteiger partial charge in [-0.25, -0.2) is 4.57 Å². The second-order valence-corrected chi connectivity index (χ2v) is 7.27. The Morgan fingerprint density at radius 2 is 2.10 bits per heavy atom. The molecular formula is C21H23N4O4+. The minimum absolute atomic E-state index is 0.134. The molecule has 0 unspecified atom stereocenters. The van der Waals surface area contributed by atoms with Crippen LogP contribution in [0.4, 0.5) is 5.82 Å². The van der Waals surface area contributed by atoms with Crippen molar-refractivity contribution in [2.45, 2.75) is 12.5 Å². The van der Waals surface area contributed by atoms with Gasteiger partial charge in [0.05, 0.1) is 31.9 Å². The summed E-state index contributed by atoms with van der Waals surface area (Å²) in [4.78, 5) is 6.88. The molecule has 0 radical (unpaired) electrons. The molecule has 2 aliphatic rings. The first kappa shape index (κ1) is 18.0. The second kappa shape index (κ2) is 7.38. The SMILES string of the molecule is Nc1c2c(nc[n+]1CCN1CCOCC1)Oc1cc(O)ccc1[C@H]2c1ccco1. The van der Waals surface area contributed by atoms with E-state index in [1.807, 2.05) is 22.8 Å². The molecule has 1 atom stereocenters. The molecule has 150 valence electrons. The molecule has 1 saturated heterocycles. The summed E-state index contributed by atoms with van der Waals surface area (Å²) in [6, 6.07) is 8.84. The van der Waals surface area contributed by atoms with Crippen LogP contribution in [0.3, 0.4) is 0 Å². The lowest BCUT2D eigenvalue weighted by atomic mass is 9.87. The van der Waals surface area contributed by atoms with Crippen LogP contribution in [0.2, 0.25) is 0 Å². The summed E-state index contributed by atoms with van der Waals surface area (Å²) in [5.74, 6) is 2.22. The summed E-state index contributed by atoms with van der Waals surface area (Å²) in [7, 11) is 0. The number of nitrogens with two attached hydrogens (primary N) is 1. The van der Waals surface area contributed by atoms with E-state index in [1.165, 1.54) is 0 Å². The molecule has 0 bridgehead atoms. The number of ether oxygens (including phenoxy) is 2. The highest BCUT2D eigenvalue weighted by atomic mass is 16.5. The molecule has 0 amide bonds. The third-order valence-corrected chi connectivity index (χ3v) is 5.52. The van der Waals surface area contributed by atoms with E-state index in [1.54, 1.807) is 24.7 Å². The van der Waals surface area contributed by atoms with Gasteiger partial charge in [-0.1, -0.05) is 11.1 Å². The van der Waals surface area contributed by atoms with Gasteiger partial charge in [-0.2, -0.15) is 0 Å². The Kier molecular flexibility index (Phi) is 4.57. The third-order valence-electron chi connectivity index (χ3n) is 5.52. The van der Waals surface area contributed by atoms with Crippen LogP contribution < -0.4 is 15.0 Å². The van der Waals surface area contributed by atoms with E-state index < -0.39 is 0 Å². The number of hydrogen-bond acceptors (Lipinski definition) is 7. The molecule has 8 heteroatoms. The van der Waals surface area contributed by atoms with E-state index in [-0.39, 0.29) is 11.7 Å². The number of nitrogen functional groups attached to an aromatic ring is 1. The normalized spacial score (nSPS) is 18.7. The number of benzene rings is 1. The number of nitrogens with zero attached hydrogens (tertiary/aromatic N) is 3. The zero-order chi connectivity index (χ0) is 19.8. The van der Waals surface area contributed by atoms with Gasteiger partial charge in [0.2, 0.25) is 12.1 Å². The first-order valence-corrected chi connectivity index (χ1v) is 9.73. The standard InChI is InChI=1S/C21H22N4O4/c22-20-19-18(16-2-1-9-28-16)15-4-3-14(26)12-17(15)29-21(19)23-13-25(20)6-5-24-7-10-27-11-8-24/h1-4,9,12-13,18,22,26H,5-8,10-11H2/p+1/t18-/m0/s1. The van der Waals surface area contributed by atoms with Crippen LogP contribution in [-0.4, -0.2) is 47.8 Å². The maximum absolute atomic E-state index is 9.88. The molecule has 2 aliphatic heterocycles. The number of morpholine rings is 1. The van der Waals surface area contributed by atoms with Gasteiger partial charge in [0.1, 0.15) is 22.8 Å². The highest BCUT2D eigenvalue weighted by Gasteiger charge is 2.37. The number of rotatable bonds is 4. The van der Waals surface area contributed by atoms with Gasteiger partial charge in [0.25, 0.3) is 0 Å². The van der Waals surface area contributed by atoms with Crippen LogP contribution in [0.5, 0.6) is 17.4 Å². The van der Waals surface area contributed by atoms with Crippen LogP contribution in [0.15, 0.2) is 47.3 Å². The van der Waals surface area contributed by atoms with Crippen LogP contribution in [-0.2, 0) is 11.3 Å². The molecule has 0 spiro atoms. The number of aromatic nitrogens is 2. The van der Waals surface area contributed by atoms with Gasteiger partial charge in [0, 0.05) is 31.3 Å². The molecular weight excluding hydrogens is 372 g/mol. The van der Waals surface area contributed by atoms with Crippen molar-refractivity contribution in [3.05, 3.63) is 59.8 Å². The van der Waals surface area contributed by atoms with Gasteiger partial charge in [-0.05, 0) is 18.2 Å². The van der Waals surface area contributed by atoms with Crippen molar-refractivity contribution in [1.29, 1.82) is 0 Å². The molecule has 3 N–H and O–H groups in total. The molecule has 29 heavy (non-hydrogen) atoms. The fourth-order valence-corrected chi connectivity index (χ4v) is 3.98. The minimum atomic E-state index is -0.257. The lowest BCUT2D eigenvalue weighted by molar-refractivity contribution is -0.685. The van der Waals surface area contributed by atoms with Crippen LogP contribution in [0, 0.1) is 0 Å². The summed E-state index contributed by atoms with van der Waals surface area (Å²) in [5, 5.41) is 9.88. The van der Waals surface area contributed by atoms with E-state index in [9.17, 15) is 5.11 Å². The van der Waals surface area contributed by atoms with Crippen LogP contribution >= 0.6 is 0 Å². The Morgan fingerprint density at radius 1 is 1.24 bits per heavy atom. The van der Waals surface area contributed by atoms with Gasteiger partial charge in [-0.3, -0.25) is 4.90 Å². The van der Waals surface area contributed by atoms with E-state index in [0.29, 0.717) is 17.4 Å². The van der Waals surface area contributed by atoms with E-state index >= 15 is 0 Å². The average Bonchev–Trinajstić information content (AvgIpc) is 3.27. The molecule has 0 saturated carbocycles. The number of phenols is 1. The lowest BCUT2D eigenvalue weighted by Gasteiger charge is -2.27. The Morgan fingerprint density at radius 3 is 2.90 bits per heavy atom. The van der Waals surface area contributed by atoms with Crippen molar-refractivity contribution in [3.63, 3.8) is 0 Å². The maximum Gasteiger partial charge on any atom is 0.306 e. The predicted octanol–water partition coefficient (Wildman–Crippen LogP) is 1.87. The van der Waals surface area contributed by atoms with Crippen molar-refractivity contribution in [2.24, 2.45) is 0 Å². The van der Waals surface area contributed by atoms with E-state index in [4.69, 9.17) is 19.6 Å². The quantitative estimate of drug-likeness (QED) is 0.509. The predicted molar refractivity (Wildman–Crippen MR) is 104 cm³/mol. The second-order valence-electron chi connectivity index (χ2n) is 7.27. The molecule has 3 aromatic rings. The summed E-state index contributed by atoms with van der Waals surface area (Å²) in [6.45, 7) is 4.97. The Balaban J connectivity index is 1.53. The minimum Gasteiger partial charge on any atom is -0.508 e. The van der Waals surface area contributed by atoms with Crippen molar-refractivity contribution in [3.8, 4) is 17.4 Å². The summed E-state index contributed by atoms with van der Waals surface area (Å²) >= 11 is 0. The zero-order valence-corrected chi connectivity index (χ0v) is 16.0. The fraction of sp³-hybridized carbons (Fsp3) is 0.333. The summed E-state index contributed by atoms with van der Waals surface area (Å²) in [5.41, 5.74) is 8.27. The third kappa shape index (κ3) is 3.30. The van der Waals surface area contributed by atoms with Crippen molar-refractivity contribution < 1.29 is 23.6 Å². The number of fused-ring (bicyclic) bond motifs is 2.